The summed E-state index contributed by atoms with van der Waals surface area (Å²) in [5, 5.41) is 5.00. The van der Waals surface area contributed by atoms with Gasteiger partial charge in [0.1, 0.15) is 30.1 Å². The largest absolute Gasteiger partial charge is 0.491 e. The lowest BCUT2D eigenvalue weighted by molar-refractivity contribution is 0.0665. The maximum Gasteiger partial charge on any atom is 0.342 e. The average Bonchev–Trinajstić information content (AvgIpc) is 3.70. The Morgan fingerprint density at radius 2 is 1.88 bits per heavy atom. The predicted octanol–water partition coefficient (Wildman–Crippen LogP) is 1.68. The van der Waals surface area contributed by atoms with Gasteiger partial charge in [-0.25, -0.2) is 35.6 Å². The number of hydrazine groups is 2. The number of furan rings is 1. The Labute approximate surface area is 233 Å². The number of fused-ring (bicyclic) bond motifs is 3. The monoisotopic (exact) mass is 549 g/mol. The lowest BCUT2D eigenvalue weighted by Gasteiger charge is -2.36. The summed E-state index contributed by atoms with van der Waals surface area (Å²) in [6, 6.07) is 11.8. The van der Waals surface area contributed by atoms with Crippen molar-refractivity contribution in [3.05, 3.63) is 54.1 Å². The van der Waals surface area contributed by atoms with Crippen LogP contribution in [0.5, 0.6) is 5.75 Å². The highest BCUT2D eigenvalue weighted by Gasteiger charge is 2.52. The van der Waals surface area contributed by atoms with Crippen molar-refractivity contribution in [3.63, 3.8) is 0 Å². The minimum absolute atomic E-state index is 0.0776. The van der Waals surface area contributed by atoms with E-state index in [2.05, 4.69) is 26.9 Å². The topological polar surface area (TPSA) is 119 Å². The van der Waals surface area contributed by atoms with Gasteiger partial charge in [-0.05, 0) is 43.3 Å². The van der Waals surface area contributed by atoms with Crippen LogP contribution in [0.15, 0.2) is 62.8 Å². The molecule has 212 valence electrons. The highest BCUT2D eigenvalue weighted by molar-refractivity contribution is 6.12. The normalized spacial score (nSPS) is 21.0. The molecule has 1 aromatic heterocycles. The molecule has 1 unspecified atom stereocenters. The third kappa shape index (κ3) is 4.76. The number of amidine groups is 1. The van der Waals surface area contributed by atoms with E-state index in [1.54, 1.807) is 18.4 Å². The minimum atomic E-state index is -0.513. The van der Waals surface area contributed by atoms with Crippen molar-refractivity contribution in [3.8, 4) is 5.75 Å². The van der Waals surface area contributed by atoms with Crippen LogP contribution in [0, 0.1) is 0 Å². The van der Waals surface area contributed by atoms with E-state index in [0.717, 1.165) is 38.5 Å². The highest BCUT2D eigenvalue weighted by atomic mass is 16.5. The Hall–Kier alpha value is -4.07. The van der Waals surface area contributed by atoms with Gasteiger partial charge >= 0.3 is 6.03 Å². The molecule has 1 atom stereocenters. The quantitative estimate of drug-likeness (QED) is 0.349. The number of hydrogen-bond acceptors (Lipinski definition) is 11. The van der Waals surface area contributed by atoms with Crippen LogP contribution in [0.1, 0.15) is 12.7 Å². The van der Waals surface area contributed by atoms with Crippen LogP contribution >= 0.6 is 0 Å². The number of hydrogen-bond donors (Lipinski definition) is 1. The van der Waals surface area contributed by atoms with E-state index in [-0.39, 0.29) is 6.03 Å². The number of rotatable bonds is 10. The SMILES string of the molecule is CCN1C(=O)N(CCN2CCN(c3ccc(OCCOC)cc3)CC2)C2N=C3C(=C(c4ccco4)N=CN3N)N21. The summed E-state index contributed by atoms with van der Waals surface area (Å²) in [6.07, 6.45) is 2.61. The lowest BCUT2D eigenvalue weighted by Crippen LogP contribution is -2.49. The van der Waals surface area contributed by atoms with Gasteiger partial charge in [-0.15, -0.1) is 0 Å². The van der Waals surface area contributed by atoms with Gasteiger partial charge < -0.3 is 18.8 Å². The van der Waals surface area contributed by atoms with Gasteiger partial charge in [-0.3, -0.25) is 9.80 Å². The zero-order valence-electron chi connectivity index (χ0n) is 22.8. The molecule has 1 aromatic carbocycles. The highest BCUT2D eigenvalue weighted by Crippen LogP contribution is 2.39. The molecule has 0 aliphatic carbocycles. The van der Waals surface area contributed by atoms with Gasteiger partial charge in [-0.1, -0.05) is 0 Å². The van der Waals surface area contributed by atoms with Crippen LogP contribution in [0.2, 0.25) is 0 Å². The van der Waals surface area contributed by atoms with Crippen LogP contribution in [-0.2, 0) is 4.74 Å². The zero-order valence-corrected chi connectivity index (χ0v) is 22.8. The summed E-state index contributed by atoms with van der Waals surface area (Å²) in [5.74, 6) is 8.21. The van der Waals surface area contributed by atoms with Crippen LogP contribution in [-0.4, -0.2) is 115 Å². The smallest absolute Gasteiger partial charge is 0.342 e. The van der Waals surface area contributed by atoms with Gasteiger partial charge in [0, 0.05) is 58.6 Å². The summed E-state index contributed by atoms with van der Waals surface area (Å²) in [7, 11) is 1.67. The van der Waals surface area contributed by atoms with E-state index in [1.807, 2.05) is 41.1 Å². The summed E-state index contributed by atoms with van der Waals surface area (Å²) < 4.78 is 16.3. The third-order valence-corrected chi connectivity index (χ3v) is 7.52. The number of nitrogens with two attached hydrogens (primary N) is 1. The van der Waals surface area contributed by atoms with Gasteiger partial charge in [-0.2, -0.15) is 0 Å². The molecule has 13 nitrogen and oxygen atoms in total. The molecule has 2 N–H and O–H groups in total. The molecule has 13 heteroatoms. The number of urea groups is 1. The first-order valence-corrected chi connectivity index (χ1v) is 13.6. The van der Waals surface area contributed by atoms with E-state index in [9.17, 15) is 4.79 Å². The Morgan fingerprint density at radius 3 is 2.58 bits per heavy atom. The van der Waals surface area contributed by atoms with Crippen LogP contribution < -0.4 is 15.5 Å². The second-order valence-corrected chi connectivity index (χ2v) is 9.83. The van der Waals surface area contributed by atoms with Crippen molar-refractivity contribution in [2.24, 2.45) is 15.8 Å². The molecule has 0 saturated carbocycles. The molecule has 5 heterocycles. The first-order valence-electron chi connectivity index (χ1n) is 13.6. The number of carbonyl (C=O) groups is 1. The maximum atomic E-state index is 13.5. The molecule has 2 aromatic rings. The van der Waals surface area contributed by atoms with Crippen molar-refractivity contribution in [2.45, 2.75) is 13.2 Å². The molecule has 4 aliphatic rings. The summed E-state index contributed by atoms with van der Waals surface area (Å²) in [4.78, 5) is 29.4. The molecule has 6 rings (SSSR count). The van der Waals surface area contributed by atoms with E-state index in [0.29, 0.717) is 49.3 Å². The number of methoxy groups -OCH3 is 1. The molecule has 4 aliphatic heterocycles. The summed E-state index contributed by atoms with van der Waals surface area (Å²) in [6.45, 7) is 8.50. The van der Waals surface area contributed by atoms with Gasteiger partial charge in [0.25, 0.3) is 0 Å². The van der Waals surface area contributed by atoms with Crippen LogP contribution in [0.25, 0.3) is 5.70 Å². The van der Waals surface area contributed by atoms with Crippen molar-refractivity contribution in [1.29, 1.82) is 0 Å². The molecule has 0 bridgehead atoms. The fourth-order valence-corrected chi connectivity index (χ4v) is 5.44. The molecule has 2 saturated heterocycles. The first-order chi connectivity index (χ1) is 19.6. The Morgan fingerprint density at radius 1 is 1.07 bits per heavy atom. The average molecular weight is 550 g/mol. The lowest BCUT2D eigenvalue weighted by atomic mass is 10.2. The number of anilines is 1. The van der Waals surface area contributed by atoms with Crippen LogP contribution in [0.3, 0.4) is 0 Å². The molecule has 2 fully saturated rings. The standard InChI is InChI=1S/C27H35N9O4/c1-3-35-27(37)33(26-30-25-24(36(26)35)23(29-19-34(25)28)22-5-4-16-40-22)15-12-31-10-13-32(14-11-31)20-6-8-21(9-7-20)39-18-17-38-2/h4-9,16,19,26H,3,10-15,17-18,28H2,1-2H3. The number of benzene rings is 1. The van der Waals surface area contributed by atoms with Gasteiger partial charge in [0.05, 0.1) is 12.9 Å². The second kappa shape index (κ2) is 11.2. The fraction of sp³-hybridized carbons (Fsp3) is 0.444. The number of ether oxygens (including phenoxy) is 2. The number of piperazine rings is 1. The minimum Gasteiger partial charge on any atom is -0.491 e. The van der Waals surface area contributed by atoms with Crippen molar-refractivity contribution in [1.82, 2.24) is 24.8 Å². The van der Waals surface area contributed by atoms with Crippen LogP contribution in [0.4, 0.5) is 10.5 Å². The zero-order chi connectivity index (χ0) is 27.6. The van der Waals surface area contributed by atoms with Crippen molar-refractivity contribution < 1.29 is 18.7 Å². The second-order valence-electron chi connectivity index (χ2n) is 9.83. The molecule has 0 radical (unpaired) electrons. The predicted molar refractivity (Wildman–Crippen MR) is 150 cm³/mol. The maximum absolute atomic E-state index is 13.5. The first kappa shape index (κ1) is 26.2. The molecule has 0 spiro atoms. The van der Waals surface area contributed by atoms with Gasteiger partial charge in [0.15, 0.2) is 11.6 Å². The Kier molecular flexibility index (Phi) is 7.32. The Bertz CT molecular complexity index is 1290. The van der Waals surface area contributed by atoms with E-state index in [1.165, 1.54) is 17.0 Å². The van der Waals surface area contributed by atoms with E-state index < -0.39 is 6.29 Å². The van der Waals surface area contributed by atoms with E-state index in [4.69, 9.17) is 24.7 Å². The van der Waals surface area contributed by atoms with Crippen molar-refractivity contribution >= 4 is 29.6 Å². The van der Waals surface area contributed by atoms with Gasteiger partial charge in [0.2, 0.25) is 6.29 Å². The summed E-state index contributed by atoms with van der Waals surface area (Å²) in [5.41, 5.74) is 2.46. The number of carbonyl (C=O) groups excluding carboxylic acids is 1. The fourth-order valence-electron chi connectivity index (χ4n) is 5.44. The van der Waals surface area contributed by atoms with E-state index >= 15 is 0 Å². The molecule has 2 amide bonds. The number of nitrogens with zero attached hydrogens (tertiary/aromatic N) is 8. The molecular weight excluding hydrogens is 514 g/mol. The number of amides is 2. The Balaban J connectivity index is 1.09. The number of aliphatic imine (C=N–C) groups is 2. The third-order valence-electron chi connectivity index (χ3n) is 7.52. The summed E-state index contributed by atoms with van der Waals surface area (Å²) >= 11 is 0. The molecular formula is C27H35N9O4. The van der Waals surface area contributed by atoms with Crippen molar-refractivity contribution in [2.75, 3.05) is 71.0 Å². The molecule has 40 heavy (non-hydrogen) atoms.